The summed E-state index contributed by atoms with van der Waals surface area (Å²) in [6, 6.07) is 3.77. The van der Waals surface area contributed by atoms with Crippen molar-refractivity contribution in [1.82, 2.24) is 19.6 Å². The van der Waals surface area contributed by atoms with Crippen molar-refractivity contribution >= 4 is 17.5 Å². The van der Waals surface area contributed by atoms with Gasteiger partial charge in [-0.15, -0.1) is 0 Å². The van der Waals surface area contributed by atoms with Gasteiger partial charge in [-0.2, -0.15) is 5.10 Å². The zero-order valence-corrected chi connectivity index (χ0v) is 16.4. The summed E-state index contributed by atoms with van der Waals surface area (Å²) in [5, 5.41) is 4.94. The quantitative estimate of drug-likeness (QED) is 0.796. The Labute approximate surface area is 162 Å². The van der Waals surface area contributed by atoms with Crippen molar-refractivity contribution in [2.24, 2.45) is 0 Å². The van der Waals surface area contributed by atoms with Crippen molar-refractivity contribution < 1.29 is 13.6 Å². The van der Waals surface area contributed by atoms with E-state index in [1.165, 1.54) is 6.07 Å². The van der Waals surface area contributed by atoms with E-state index >= 15 is 0 Å². The highest BCUT2D eigenvalue weighted by atomic mass is 35.5. The summed E-state index contributed by atoms with van der Waals surface area (Å²) in [6.07, 6.45) is 0. The molecule has 146 valence electrons. The number of hydrogen-bond donors (Lipinski definition) is 0. The molecule has 2 aromatic rings. The maximum absolute atomic E-state index is 13.8. The Morgan fingerprint density at radius 2 is 1.89 bits per heavy atom. The second-order valence-corrected chi connectivity index (χ2v) is 7.30. The van der Waals surface area contributed by atoms with Crippen LogP contribution in [0.1, 0.15) is 29.9 Å². The molecule has 0 spiro atoms. The van der Waals surface area contributed by atoms with Gasteiger partial charge in [-0.25, -0.2) is 8.78 Å². The molecule has 0 N–H and O–H groups in total. The molecule has 1 fully saturated rings. The fourth-order valence-corrected chi connectivity index (χ4v) is 3.55. The van der Waals surface area contributed by atoms with E-state index in [-0.39, 0.29) is 5.91 Å². The third-order valence-corrected chi connectivity index (χ3v) is 5.62. The first kappa shape index (κ1) is 19.8. The molecule has 0 aliphatic carbocycles. The molecule has 1 aromatic heterocycles. The van der Waals surface area contributed by atoms with Gasteiger partial charge in [0.15, 0.2) is 11.6 Å². The Hall–Kier alpha value is -1.99. The topological polar surface area (TPSA) is 41.4 Å². The van der Waals surface area contributed by atoms with Crippen molar-refractivity contribution in [1.29, 1.82) is 0 Å². The number of benzene rings is 1. The second kappa shape index (κ2) is 7.94. The zero-order chi connectivity index (χ0) is 19.7. The van der Waals surface area contributed by atoms with Crippen LogP contribution in [0.4, 0.5) is 8.78 Å². The highest BCUT2D eigenvalue weighted by molar-refractivity contribution is 6.31. The molecule has 1 aromatic carbocycles. The Morgan fingerprint density at radius 1 is 1.22 bits per heavy atom. The highest BCUT2D eigenvalue weighted by Crippen LogP contribution is 2.23. The largest absolute Gasteiger partial charge is 0.338 e. The molecule has 5 nitrogen and oxygen atoms in total. The van der Waals surface area contributed by atoms with Crippen molar-refractivity contribution in [2.75, 3.05) is 26.2 Å². The highest BCUT2D eigenvalue weighted by Gasteiger charge is 2.28. The lowest BCUT2D eigenvalue weighted by molar-refractivity contribution is -0.136. The van der Waals surface area contributed by atoms with Crippen LogP contribution in [0.3, 0.4) is 0 Å². The molecule has 27 heavy (non-hydrogen) atoms. The standard InChI is InChI=1S/C19H23ClF2N4O/c1-12-17(20)13(2)26(23-12)14(3)19(27)25-9-7-24(8-10-25)11-15-5-4-6-16(21)18(15)22/h4-6,14H,7-11H2,1-3H3. The van der Waals surface area contributed by atoms with E-state index in [1.807, 2.05) is 25.7 Å². The molecule has 3 rings (SSSR count). The number of nitrogens with zero attached hydrogens (tertiary/aromatic N) is 4. The minimum atomic E-state index is -0.835. The summed E-state index contributed by atoms with van der Waals surface area (Å²) in [7, 11) is 0. The number of carbonyl (C=O) groups is 1. The summed E-state index contributed by atoms with van der Waals surface area (Å²) < 4.78 is 28.9. The number of carbonyl (C=O) groups excluding carboxylic acids is 1. The fraction of sp³-hybridized carbons (Fsp3) is 0.474. The van der Waals surface area contributed by atoms with E-state index in [4.69, 9.17) is 11.6 Å². The Morgan fingerprint density at radius 3 is 2.48 bits per heavy atom. The third-order valence-electron chi connectivity index (χ3n) is 5.07. The molecule has 0 saturated carbocycles. The van der Waals surface area contributed by atoms with Crippen molar-refractivity contribution in [3.63, 3.8) is 0 Å². The van der Waals surface area contributed by atoms with Gasteiger partial charge >= 0.3 is 0 Å². The molecular formula is C19H23ClF2N4O. The van der Waals surface area contributed by atoms with Crippen molar-refractivity contribution in [2.45, 2.75) is 33.4 Å². The van der Waals surface area contributed by atoms with Crippen LogP contribution in [0.25, 0.3) is 0 Å². The second-order valence-electron chi connectivity index (χ2n) is 6.92. The molecule has 1 atom stereocenters. The van der Waals surface area contributed by atoms with Gasteiger partial charge < -0.3 is 4.90 Å². The van der Waals surface area contributed by atoms with Crippen molar-refractivity contribution in [3.05, 3.63) is 51.8 Å². The van der Waals surface area contributed by atoms with Gasteiger partial charge in [-0.3, -0.25) is 14.4 Å². The van der Waals surface area contributed by atoms with Crippen LogP contribution in [-0.4, -0.2) is 51.7 Å². The number of amides is 1. The zero-order valence-electron chi connectivity index (χ0n) is 15.7. The molecule has 8 heteroatoms. The number of aromatic nitrogens is 2. The molecule has 1 amide bonds. The number of hydrogen-bond acceptors (Lipinski definition) is 3. The van der Waals surface area contributed by atoms with Gasteiger partial charge in [-0.1, -0.05) is 23.7 Å². The normalized spacial score (nSPS) is 16.6. The van der Waals surface area contributed by atoms with E-state index in [1.54, 1.807) is 15.6 Å². The minimum absolute atomic E-state index is 0.0196. The molecule has 0 radical (unpaired) electrons. The maximum atomic E-state index is 13.8. The maximum Gasteiger partial charge on any atom is 0.247 e. The average molecular weight is 397 g/mol. The lowest BCUT2D eigenvalue weighted by Gasteiger charge is -2.36. The summed E-state index contributed by atoms with van der Waals surface area (Å²) in [5.41, 5.74) is 1.81. The number of halogens is 3. The molecule has 1 aliphatic heterocycles. The Balaban J connectivity index is 1.60. The van der Waals surface area contributed by atoms with Crippen LogP contribution >= 0.6 is 11.6 Å². The van der Waals surface area contributed by atoms with E-state index in [2.05, 4.69) is 5.10 Å². The first-order valence-corrected chi connectivity index (χ1v) is 9.32. The summed E-state index contributed by atoms with van der Waals surface area (Å²) in [4.78, 5) is 16.6. The van der Waals surface area contributed by atoms with Crippen LogP contribution in [0.5, 0.6) is 0 Å². The SMILES string of the molecule is Cc1nn(C(C)C(=O)N2CCN(Cc3cccc(F)c3F)CC2)c(C)c1Cl. The van der Waals surface area contributed by atoms with E-state index in [0.29, 0.717) is 49.0 Å². The lowest BCUT2D eigenvalue weighted by atomic mass is 10.1. The van der Waals surface area contributed by atoms with Crippen LogP contribution in [0.2, 0.25) is 5.02 Å². The van der Waals surface area contributed by atoms with E-state index in [0.717, 1.165) is 11.8 Å². The van der Waals surface area contributed by atoms with Gasteiger partial charge in [0.25, 0.3) is 0 Å². The van der Waals surface area contributed by atoms with Gasteiger partial charge in [0.05, 0.1) is 16.4 Å². The lowest BCUT2D eigenvalue weighted by Crippen LogP contribution is -2.50. The van der Waals surface area contributed by atoms with Gasteiger partial charge in [0.2, 0.25) is 5.91 Å². The molecule has 1 aliphatic rings. The number of piperazine rings is 1. The number of rotatable bonds is 4. The molecule has 1 unspecified atom stereocenters. The van der Waals surface area contributed by atoms with Gasteiger partial charge in [0.1, 0.15) is 6.04 Å². The molecular weight excluding hydrogens is 374 g/mol. The van der Waals surface area contributed by atoms with Gasteiger partial charge in [0, 0.05) is 38.3 Å². The summed E-state index contributed by atoms with van der Waals surface area (Å²) in [6.45, 7) is 8.07. The van der Waals surface area contributed by atoms with E-state index in [9.17, 15) is 13.6 Å². The minimum Gasteiger partial charge on any atom is -0.338 e. The molecule has 0 bridgehead atoms. The van der Waals surface area contributed by atoms with Crippen LogP contribution in [0, 0.1) is 25.5 Å². The van der Waals surface area contributed by atoms with Crippen LogP contribution < -0.4 is 0 Å². The summed E-state index contributed by atoms with van der Waals surface area (Å²) in [5.74, 6) is -1.65. The molecule has 1 saturated heterocycles. The number of aryl methyl sites for hydroxylation is 1. The van der Waals surface area contributed by atoms with Crippen molar-refractivity contribution in [3.8, 4) is 0 Å². The monoisotopic (exact) mass is 396 g/mol. The predicted octanol–water partition coefficient (Wildman–Crippen LogP) is 3.34. The third kappa shape index (κ3) is 3.99. The summed E-state index contributed by atoms with van der Waals surface area (Å²) >= 11 is 6.18. The smallest absolute Gasteiger partial charge is 0.247 e. The Kier molecular flexibility index (Phi) is 5.81. The van der Waals surface area contributed by atoms with Crippen LogP contribution in [0.15, 0.2) is 18.2 Å². The van der Waals surface area contributed by atoms with Crippen LogP contribution in [-0.2, 0) is 11.3 Å². The molecule has 2 heterocycles. The first-order chi connectivity index (χ1) is 12.8. The first-order valence-electron chi connectivity index (χ1n) is 8.94. The predicted molar refractivity (Wildman–Crippen MR) is 99.6 cm³/mol. The van der Waals surface area contributed by atoms with E-state index < -0.39 is 17.7 Å². The fourth-order valence-electron chi connectivity index (χ4n) is 3.43. The van der Waals surface area contributed by atoms with Gasteiger partial charge in [-0.05, 0) is 26.8 Å². The Bertz CT molecular complexity index is 846. The average Bonchev–Trinajstić information content (AvgIpc) is 2.92.